The third-order valence-electron chi connectivity index (χ3n) is 1.74. The highest BCUT2D eigenvalue weighted by Crippen LogP contribution is 2.15. The average Bonchev–Trinajstić information content (AvgIpc) is 2.11. The van der Waals surface area contributed by atoms with Gasteiger partial charge in [-0.05, 0) is 12.1 Å². The second-order valence-electron chi connectivity index (χ2n) is 2.67. The summed E-state index contributed by atoms with van der Waals surface area (Å²) in [7, 11) is 1.42. The Kier molecular flexibility index (Phi) is 5.60. The zero-order valence-electron chi connectivity index (χ0n) is 7.72. The van der Waals surface area contributed by atoms with Crippen molar-refractivity contribution >= 4 is 12.4 Å². The van der Waals surface area contributed by atoms with E-state index < -0.39 is 11.6 Å². The van der Waals surface area contributed by atoms with Crippen LogP contribution in [0.2, 0.25) is 0 Å². The third-order valence-corrected chi connectivity index (χ3v) is 1.74. The Morgan fingerprint density at radius 3 is 2.21 bits per heavy atom. The molecule has 0 atom stereocenters. The predicted octanol–water partition coefficient (Wildman–Crippen LogP) is 1.99. The van der Waals surface area contributed by atoms with Crippen molar-refractivity contribution in [1.29, 1.82) is 0 Å². The van der Waals surface area contributed by atoms with E-state index in [0.717, 1.165) is 12.1 Å². The summed E-state index contributed by atoms with van der Waals surface area (Å²) in [6, 6.07) is 2.21. The standard InChI is InChI=1S/C9H11F2NO.ClH/c1-13-5-7-3-8(10)6(4-12)2-9(7)11;/h2-3H,4-5,12H2,1H3;1H. The summed E-state index contributed by atoms with van der Waals surface area (Å²) in [5.74, 6) is -0.973. The van der Waals surface area contributed by atoms with Crippen LogP contribution in [0, 0.1) is 11.6 Å². The van der Waals surface area contributed by atoms with E-state index in [1.807, 2.05) is 0 Å². The second-order valence-corrected chi connectivity index (χ2v) is 2.67. The maximum Gasteiger partial charge on any atom is 0.129 e. The summed E-state index contributed by atoms with van der Waals surface area (Å²) in [6.45, 7) is 0.0591. The summed E-state index contributed by atoms with van der Waals surface area (Å²) in [5.41, 5.74) is 5.59. The number of nitrogens with two attached hydrogens (primary N) is 1. The zero-order chi connectivity index (χ0) is 9.84. The fraction of sp³-hybridized carbons (Fsp3) is 0.333. The first-order valence-electron chi connectivity index (χ1n) is 3.84. The molecule has 0 fully saturated rings. The van der Waals surface area contributed by atoms with E-state index in [-0.39, 0.29) is 36.7 Å². The van der Waals surface area contributed by atoms with Crippen molar-refractivity contribution in [3.63, 3.8) is 0 Å². The molecule has 14 heavy (non-hydrogen) atoms. The molecule has 0 heterocycles. The Hall–Kier alpha value is -0.710. The first-order valence-corrected chi connectivity index (χ1v) is 3.84. The van der Waals surface area contributed by atoms with Crippen molar-refractivity contribution in [1.82, 2.24) is 0 Å². The lowest BCUT2D eigenvalue weighted by Gasteiger charge is -2.05. The molecule has 1 rings (SSSR count). The maximum absolute atomic E-state index is 13.1. The summed E-state index contributed by atoms with van der Waals surface area (Å²) >= 11 is 0. The topological polar surface area (TPSA) is 35.2 Å². The number of benzene rings is 1. The van der Waals surface area contributed by atoms with Crippen LogP contribution in [0.1, 0.15) is 11.1 Å². The quantitative estimate of drug-likeness (QED) is 0.851. The molecule has 2 N–H and O–H groups in total. The van der Waals surface area contributed by atoms with E-state index in [1.165, 1.54) is 7.11 Å². The number of methoxy groups -OCH3 is 1. The SMILES string of the molecule is COCc1cc(F)c(CN)cc1F.Cl. The smallest absolute Gasteiger partial charge is 0.129 e. The molecule has 0 saturated heterocycles. The highest BCUT2D eigenvalue weighted by molar-refractivity contribution is 5.85. The zero-order valence-corrected chi connectivity index (χ0v) is 8.54. The van der Waals surface area contributed by atoms with Gasteiger partial charge in [0.25, 0.3) is 0 Å². The lowest BCUT2D eigenvalue weighted by atomic mass is 10.1. The van der Waals surface area contributed by atoms with Crippen LogP contribution in [0.4, 0.5) is 8.78 Å². The highest BCUT2D eigenvalue weighted by atomic mass is 35.5. The fourth-order valence-electron chi connectivity index (χ4n) is 1.05. The van der Waals surface area contributed by atoms with Crippen molar-refractivity contribution in [2.24, 2.45) is 5.73 Å². The normalized spacial score (nSPS) is 9.71. The van der Waals surface area contributed by atoms with Gasteiger partial charge in [0.05, 0.1) is 6.61 Å². The van der Waals surface area contributed by atoms with Gasteiger partial charge in [-0.25, -0.2) is 8.78 Å². The minimum absolute atomic E-state index is 0. The maximum atomic E-state index is 13.1. The van der Waals surface area contributed by atoms with Crippen LogP contribution in [0.25, 0.3) is 0 Å². The summed E-state index contributed by atoms with van der Waals surface area (Å²) < 4.78 is 30.9. The largest absolute Gasteiger partial charge is 0.380 e. The Bertz CT molecular complexity index is 307. The molecule has 0 radical (unpaired) electrons. The lowest BCUT2D eigenvalue weighted by Crippen LogP contribution is -2.03. The predicted molar refractivity (Wildman–Crippen MR) is 52.2 cm³/mol. The molecule has 1 aromatic carbocycles. The van der Waals surface area contributed by atoms with E-state index >= 15 is 0 Å². The van der Waals surface area contributed by atoms with Crippen LogP contribution in [-0.4, -0.2) is 7.11 Å². The summed E-state index contributed by atoms with van der Waals surface area (Å²) in [4.78, 5) is 0. The number of rotatable bonds is 3. The van der Waals surface area contributed by atoms with Gasteiger partial charge in [0.1, 0.15) is 11.6 Å². The molecule has 5 heteroatoms. The van der Waals surface area contributed by atoms with Crippen molar-refractivity contribution < 1.29 is 13.5 Å². The highest BCUT2D eigenvalue weighted by Gasteiger charge is 2.08. The van der Waals surface area contributed by atoms with Crippen molar-refractivity contribution in [2.45, 2.75) is 13.2 Å². The van der Waals surface area contributed by atoms with Gasteiger partial charge in [0.2, 0.25) is 0 Å². The van der Waals surface area contributed by atoms with Crippen molar-refractivity contribution in [3.05, 3.63) is 34.9 Å². The van der Waals surface area contributed by atoms with Crippen LogP contribution in [0.5, 0.6) is 0 Å². The van der Waals surface area contributed by atoms with E-state index in [0.29, 0.717) is 0 Å². The Morgan fingerprint density at radius 2 is 1.71 bits per heavy atom. The van der Waals surface area contributed by atoms with Crippen LogP contribution in [0.3, 0.4) is 0 Å². The minimum Gasteiger partial charge on any atom is -0.380 e. The monoisotopic (exact) mass is 223 g/mol. The first-order chi connectivity index (χ1) is 6.19. The van der Waals surface area contributed by atoms with Crippen LogP contribution in [-0.2, 0) is 17.9 Å². The van der Waals surface area contributed by atoms with E-state index in [9.17, 15) is 8.78 Å². The Morgan fingerprint density at radius 1 is 1.21 bits per heavy atom. The fourth-order valence-corrected chi connectivity index (χ4v) is 1.05. The molecule has 80 valence electrons. The molecule has 0 bridgehead atoms. The van der Waals surface area contributed by atoms with Crippen molar-refractivity contribution in [3.8, 4) is 0 Å². The van der Waals surface area contributed by atoms with Crippen molar-refractivity contribution in [2.75, 3.05) is 7.11 Å². The van der Waals surface area contributed by atoms with Crippen LogP contribution >= 0.6 is 12.4 Å². The van der Waals surface area contributed by atoms with Gasteiger partial charge in [-0.15, -0.1) is 12.4 Å². The third kappa shape index (κ3) is 2.90. The summed E-state index contributed by atoms with van der Waals surface area (Å²) in [6.07, 6.45) is 0. The number of hydrogen-bond acceptors (Lipinski definition) is 2. The minimum atomic E-state index is -0.490. The number of halogens is 3. The van der Waals surface area contributed by atoms with Gasteiger partial charge in [0.15, 0.2) is 0 Å². The molecule has 0 saturated carbocycles. The molecule has 0 spiro atoms. The molecule has 0 aliphatic carbocycles. The van der Waals surface area contributed by atoms with Crippen LogP contribution < -0.4 is 5.73 Å². The van der Waals surface area contributed by atoms with Gasteiger partial charge in [-0.3, -0.25) is 0 Å². The molecule has 0 amide bonds. The Balaban J connectivity index is 0.00000169. The molecule has 0 aromatic heterocycles. The molecular weight excluding hydrogens is 212 g/mol. The molecule has 2 nitrogen and oxygen atoms in total. The molecule has 0 aliphatic rings. The van der Waals surface area contributed by atoms with Gasteiger partial charge in [-0.1, -0.05) is 0 Å². The molecule has 0 aliphatic heterocycles. The molecular formula is C9H12ClF2NO. The van der Waals surface area contributed by atoms with E-state index in [1.54, 1.807) is 0 Å². The Labute approximate surface area is 87.5 Å². The molecule has 0 unspecified atom stereocenters. The van der Waals surface area contributed by atoms with Gasteiger partial charge in [-0.2, -0.15) is 0 Å². The van der Waals surface area contributed by atoms with Gasteiger partial charge in [0, 0.05) is 24.8 Å². The second kappa shape index (κ2) is 5.90. The number of ether oxygens (including phenoxy) is 1. The lowest BCUT2D eigenvalue weighted by molar-refractivity contribution is 0.181. The van der Waals surface area contributed by atoms with Crippen LogP contribution in [0.15, 0.2) is 12.1 Å². The summed E-state index contributed by atoms with van der Waals surface area (Å²) in [5, 5.41) is 0. The average molecular weight is 224 g/mol. The van der Waals surface area contributed by atoms with E-state index in [2.05, 4.69) is 0 Å². The first kappa shape index (κ1) is 13.3. The van der Waals surface area contributed by atoms with Gasteiger partial charge >= 0.3 is 0 Å². The van der Waals surface area contributed by atoms with Gasteiger partial charge < -0.3 is 10.5 Å². The van der Waals surface area contributed by atoms with E-state index in [4.69, 9.17) is 10.5 Å². The number of hydrogen-bond donors (Lipinski definition) is 1. The molecule has 1 aromatic rings.